The number of hydrogen-bond donors (Lipinski definition) is 1. The van der Waals surface area contributed by atoms with E-state index >= 15 is 0 Å². The smallest absolute Gasteiger partial charge is 0.331 e. The summed E-state index contributed by atoms with van der Waals surface area (Å²) >= 11 is 0. The predicted molar refractivity (Wildman–Crippen MR) is 142 cm³/mol. The molecule has 3 rings (SSSR count). The molecule has 1 saturated heterocycles. The highest BCUT2D eigenvalue weighted by atomic mass is 16.6. The Hall–Kier alpha value is -3.72. The number of carbonyl (C=O) groups excluding carboxylic acids is 4. The van der Waals surface area contributed by atoms with E-state index in [0.29, 0.717) is 12.8 Å². The third-order valence-corrected chi connectivity index (χ3v) is 6.10. The minimum Gasteiger partial charge on any atom is -0.460 e. The van der Waals surface area contributed by atoms with Crippen molar-refractivity contribution in [3.05, 3.63) is 71.8 Å². The molecule has 2 aromatic carbocycles. The number of likely N-dealkylation sites (N-methyl/N-ethyl adjacent to an activating group) is 1. The molecule has 9 nitrogen and oxygen atoms in total. The Morgan fingerprint density at radius 2 is 1.58 bits per heavy atom. The van der Waals surface area contributed by atoms with Gasteiger partial charge in [-0.3, -0.25) is 14.9 Å². The van der Waals surface area contributed by atoms with Crippen LogP contribution in [0.15, 0.2) is 60.7 Å². The standard InChI is InChI=1S/C29H37N3O6/c1-20(25(33)32-24(18-31(5)28(32)36)27(35)38-29(2,3)4)30-23(17-16-21-12-8-6-9-13-21)26(34)37-19-22-14-10-7-11-15-22/h6-15,20,23-24,30H,16-19H2,1-5H3. The average molecular weight is 524 g/mol. The first kappa shape index (κ1) is 28.8. The third kappa shape index (κ3) is 7.89. The summed E-state index contributed by atoms with van der Waals surface area (Å²) in [6, 6.07) is 15.6. The summed E-state index contributed by atoms with van der Waals surface area (Å²) in [6.07, 6.45) is 0.949. The van der Waals surface area contributed by atoms with E-state index in [9.17, 15) is 19.2 Å². The van der Waals surface area contributed by atoms with Gasteiger partial charge in [0.2, 0.25) is 5.91 Å². The van der Waals surface area contributed by atoms with Crippen molar-refractivity contribution in [2.24, 2.45) is 0 Å². The maximum absolute atomic E-state index is 13.4. The summed E-state index contributed by atoms with van der Waals surface area (Å²) in [6.45, 7) is 6.87. The zero-order chi connectivity index (χ0) is 27.9. The second-order valence-corrected chi connectivity index (χ2v) is 10.5. The van der Waals surface area contributed by atoms with E-state index in [4.69, 9.17) is 9.47 Å². The van der Waals surface area contributed by atoms with Crippen molar-refractivity contribution in [3.63, 3.8) is 0 Å². The molecular formula is C29H37N3O6. The molecule has 204 valence electrons. The lowest BCUT2D eigenvalue weighted by Crippen LogP contribution is -2.55. The second-order valence-electron chi connectivity index (χ2n) is 10.5. The topological polar surface area (TPSA) is 105 Å². The van der Waals surface area contributed by atoms with Gasteiger partial charge in [-0.1, -0.05) is 60.7 Å². The molecule has 2 aromatic rings. The van der Waals surface area contributed by atoms with Crippen LogP contribution in [0.1, 0.15) is 45.2 Å². The van der Waals surface area contributed by atoms with Crippen LogP contribution in [0.5, 0.6) is 0 Å². The van der Waals surface area contributed by atoms with Gasteiger partial charge in [-0.25, -0.2) is 14.5 Å². The van der Waals surface area contributed by atoms with Gasteiger partial charge >= 0.3 is 18.0 Å². The molecule has 0 aromatic heterocycles. The molecule has 0 spiro atoms. The predicted octanol–water partition coefficient (Wildman–Crippen LogP) is 3.31. The lowest BCUT2D eigenvalue weighted by atomic mass is 10.0. The molecule has 3 atom stereocenters. The van der Waals surface area contributed by atoms with Crippen molar-refractivity contribution in [2.45, 2.75) is 70.9 Å². The summed E-state index contributed by atoms with van der Waals surface area (Å²) < 4.78 is 11.0. The number of nitrogens with zero attached hydrogens (tertiary/aromatic N) is 2. The van der Waals surface area contributed by atoms with E-state index in [0.717, 1.165) is 16.0 Å². The van der Waals surface area contributed by atoms with Crippen molar-refractivity contribution in [1.82, 2.24) is 15.1 Å². The molecule has 3 amide bonds. The van der Waals surface area contributed by atoms with E-state index in [2.05, 4.69) is 5.32 Å². The van der Waals surface area contributed by atoms with E-state index in [1.54, 1.807) is 27.7 Å². The number of esters is 2. The van der Waals surface area contributed by atoms with Gasteiger partial charge in [0.1, 0.15) is 18.2 Å². The summed E-state index contributed by atoms with van der Waals surface area (Å²) in [5.74, 6) is -1.77. The quantitative estimate of drug-likeness (QED) is 0.477. The van der Waals surface area contributed by atoms with Crippen molar-refractivity contribution >= 4 is 23.9 Å². The van der Waals surface area contributed by atoms with Crippen molar-refractivity contribution in [2.75, 3.05) is 13.6 Å². The van der Waals surface area contributed by atoms with Gasteiger partial charge < -0.3 is 14.4 Å². The molecule has 0 aliphatic carbocycles. The summed E-state index contributed by atoms with van der Waals surface area (Å²) in [7, 11) is 1.52. The summed E-state index contributed by atoms with van der Waals surface area (Å²) in [5.41, 5.74) is 1.11. The van der Waals surface area contributed by atoms with Crippen LogP contribution in [0.2, 0.25) is 0 Å². The molecule has 1 aliphatic rings. The van der Waals surface area contributed by atoms with Gasteiger partial charge in [-0.2, -0.15) is 0 Å². The number of amides is 3. The number of nitrogens with one attached hydrogen (secondary N) is 1. The zero-order valence-corrected chi connectivity index (χ0v) is 22.7. The monoisotopic (exact) mass is 523 g/mol. The Labute approximate surface area is 224 Å². The highest BCUT2D eigenvalue weighted by Crippen LogP contribution is 2.20. The number of urea groups is 1. The lowest BCUT2D eigenvalue weighted by molar-refractivity contribution is -0.162. The molecular weight excluding hydrogens is 486 g/mol. The van der Waals surface area contributed by atoms with E-state index < -0.39 is 47.6 Å². The van der Waals surface area contributed by atoms with E-state index in [1.807, 2.05) is 60.7 Å². The largest absolute Gasteiger partial charge is 0.460 e. The molecule has 1 aliphatic heterocycles. The van der Waals surface area contributed by atoms with E-state index in [1.165, 1.54) is 11.9 Å². The fourth-order valence-corrected chi connectivity index (χ4v) is 4.17. The number of rotatable bonds is 10. The van der Waals surface area contributed by atoms with Crippen LogP contribution < -0.4 is 5.32 Å². The molecule has 1 fully saturated rings. The number of carbonyl (C=O) groups is 4. The van der Waals surface area contributed by atoms with Gasteiger partial charge in [-0.15, -0.1) is 0 Å². The van der Waals surface area contributed by atoms with Crippen LogP contribution in [0.25, 0.3) is 0 Å². The molecule has 0 saturated carbocycles. The Morgan fingerprint density at radius 3 is 2.16 bits per heavy atom. The van der Waals surface area contributed by atoms with Crippen molar-refractivity contribution < 1.29 is 28.7 Å². The Kier molecular flexibility index (Phi) is 9.63. The maximum atomic E-state index is 13.4. The zero-order valence-electron chi connectivity index (χ0n) is 22.7. The first-order valence-corrected chi connectivity index (χ1v) is 12.8. The number of benzene rings is 2. The van der Waals surface area contributed by atoms with Gasteiger partial charge in [0.25, 0.3) is 0 Å². The average Bonchev–Trinajstić information content (AvgIpc) is 3.18. The number of aryl methyl sites for hydroxylation is 1. The van der Waals surface area contributed by atoms with Gasteiger partial charge in [0.15, 0.2) is 6.04 Å². The number of hydrogen-bond acceptors (Lipinski definition) is 7. The fraction of sp³-hybridized carbons (Fsp3) is 0.448. The van der Waals surface area contributed by atoms with Gasteiger partial charge in [0.05, 0.1) is 12.6 Å². The highest BCUT2D eigenvalue weighted by Gasteiger charge is 2.46. The summed E-state index contributed by atoms with van der Waals surface area (Å²) in [5, 5.41) is 3.05. The van der Waals surface area contributed by atoms with Crippen LogP contribution in [0.3, 0.4) is 0 Å². The van der Waals surface area contributed by atoms with Crippen LogP contribution in [-0.2, 0) is 36.9 Å². The van der Waals surface area contributed by atoms with Crippen LogP contribution in [0, 0.1) is 0 Å². The molecule has 1 heterocycles. The molecule has 9 heteroatoms. The first-order chi connectivity index (χ1) is 18.0. The van der Waals surface area contributed by atoms with Crippen LogP contribution in [0.4, 0.5) is 4.79 Å². The Bertz CT molecular complexity index is 1120. The van der Waals surface area contributed by atoms with Crippen molar-refractivity contribution in [3.8, 4) is 0 Å². The normalized spacial score (nSPS) is 17.2. The first-order valence-electron chi connectivity index (χ1n) is 12.8. The minimum absolute atomic E-state index is 0.0305. The third-order valence-electron chi connectivity index (χ3n) is 6.10. The molecule has 0 bridgehead atoms. The molecule has 3 unspecified atom stereocenters. The van der Waals surface area contributed by atoms with Gasteiger partial charge in [0, 0.05) is 7.05 Å². The van der Waals surface area contributed by atoms with Crippen molar-refractivity contribution in [1.29, 1.82) is 0 Å². The van der Waals surface area contributed by atoms with Crippen LogP contribution >= 0.6 is 0 Å². The lowest BCUT2D eigenvalue weighted by Gasteiger charge is -2.28. The van der Waals surface area contributed by atoms with E-state index in [-0.39, 0.29) is 13.2 Å². The number of ether oxygens (including phenoxy) is 2. The fourth-order valence-electron chi connectivity index (χ4n) is 4.17. The van der Waals surface area contributed by atoms with Crippen LogP contribution in [-0.4, -0.2) is 71.0 Å². The maximum Gasteiger partial charge on any atom is 0.331 e. The molecule has 1 N–H and O–H groups in total. The SMILES string of the molecule is CC(NC(CCc1ccccc1)C(=O)OCc1ccccc1)C(=O)N1C(=O)N(C)CC1C(=O)OC(C)(C)C. The minimum atomic E-state index is -1.07. The molecule has 0 radical (unpaired) electrons. The van der Waals surface area contributed by atoms with Gasteiger partial charge in [-0.05, 0) is 51.7 Å². The highest BCUT2D eigenvalue weighted by molar-refractivity contribution is 6.03. The molecule has 38 heavy (non-hydrogen) atoms. The second kappa shape index (κ2) is 12.7. The summed E-state index contributed by atoms with van der Waals surface area (Å²) in [4.78, 5) is 54.4. The number of imide groups is 1. The Balaban J connectivity index is 1.73. The Morgan fingerprint density at radius 1 is 1.00 bits per heavy atom.